The summed E-state index contributed by atoms with van der Waals surface area (Å²) < 4.78 is 78.6. The van der Waals surface area contributed by atoms with E-state index in [1.165, 1.54) is 18.2 Å². The van der Waals surface area contributed by atoms with Crippen molar-refractivity contribution in [2.75, 3.05) is 0 Å². The minimum absolute atomic E-state index is 0.0571. The van der Waals surface area contributed by atoms with Gasteiger partial charge in [0, 0.05) is 10.5 Å². The zero-order valence-corrected chi connectivity index (χ0v) is 16.3. The summed E-state index contributed by atoms with van der Waals surface area (Å²) in [6, 6.07) is 3.83. The van der Waals surface area contributed by atoms with Crippen LogP contribution in [0.15, 0.2) is 53.0 Å². The van der Waals surface area contributed by atoms with Crippen molar-refractivity contribution in [1.29, 1.82) is 0 Å². The molecular weight excluding hydrogens is 484 g/mol. The number of nitrogens with one attached hydrogen (secondary N) is 1. The van der Waals surface area contributed by atoms with Gasteiger partial charge in [-0.15, -0.1) is 0 Å². The fourth-order valence-corrected chi connectivity index (χ4v) is 2.99. The molecule has 2 aromatic rings. The lowest BCUT2D eigenvalue weighted by molar-refractivity contribution is -0.162. The van der Waals surface area contributed by atoms with Crippen molar-refractivity contribution in [2.45, 2.75) is 18.4 Å². The van der Waals surface area contributed by atoms with Gasteiger partial charge in [0.1, 0.15) is 0 Å². The van der Waals surface area contributed by atoms with E-state index in [0.29, 0.717) is 17.7 Å². The van der Waals surface area contributed by atoms with E-state index in [0.717, 1.165) is 24.3 Å². The summed E-state index contributed by atoms with van der Waals surface area (Å²) in [5.41, 5.74) is -1.79. The first-order valence-corrected chi connectivity index (χ1v) is 8.83. The molecule has 0 spiro atoms. The minimum atomic E-state index is -5.04. The van der Waals surface area contributed by atoms with Crippen LogP contribution in [-0.2, 0) is 11.0 Å². The Labute approximate surface area is 174 Å². The van der Waals surface area contributed by atoms with Crippen LogP contribution in [0.4, 0.5) is 26.3 Å². The number of amides is 1. The molecule has 1 amide bonds. The normalized spacial score (nSPS) is 13.3. The number of carbonyl (C=O) groups excluding carboxylic acids is 1. The van der Waals surface area contributed by atoms with E-state index in [1.54, 1.807) is 5.32 Å². The van der Waals surface area contributed by atoms with Crippen molar-refractivity contribution in [3.05, 3.63) is 75.3 Å². The maximum atomic E-state index is 13.3. The fourth-order valence-electron chi connectivity index (χ4n) is 2.42. The van der Waals surface area contributed by atoms with Crippen LogP contribution in [0, 0.1) is 0 Å². The average Bonchev–Trinajstić information content (AvgIpc) is 2.62. The second kappa shape index (κ2) is 8.90. The van der Waals surface area contributed by atoms with Crippen LogP contribution < -0.4 is 5.32 Å². The molecule has 4 nitrogen and oxygen atoms in total. The molecule has 1 unspecified atom stereocenters. The Morgan fingerprint density at radius 2 is 1.70 bits per heavy atom. The van der Waals surface area contributed by atoms with E-state index in [9.17, 15) is 35.9 Å². The highest BCUT2D eigenvalue weighted by Gasteiger charge is 2.42. The quantitative estimate of drug-likeness (QED) is 0.419. The maximum Gasteiger partial charge on any atom is 0.416 e. The second-order valence-electron chi connectivity index (χ2n) is 5.98. The Bertz CT molecular complexity index is 985. The number of carboxylic acid groups (broad SMARTS) is 1. The Kier molecular flexibility index (Phi) is 6.96. The van der Waals surface area contributed by atoms with E-state index < -0.39 is 41.4 Å². The smallest absolute Gasteiger partial charge is 0.416 e. The third-order valence-corrected chi connectivity index (χ3v) is 4.47. The van der Waals surface area contributed by atoms with Gasteiger partial charge < -0.3 is 10.4 Å². The molecule has 0 aliphatic rings. The van der Waals surface area contributed by atoms with Crippen molar-refractivity contribution >= 4 is 33.9 Å². The zero-order chi connectivity index (χ0) is 22.7. The van der Waals surface area contributed by atoms with Gasteiger partial charge in [0.25, 0.3) is 0 Å². The van der Waals surface area contributed by atoms with Crippen molar-refractivity contribution in [1.82, 2.24) is 5.32 Å². The van der Waals surface area contributed by atoms with Gasteiger partial charge in [0.15, 0.2) is 6.04 Å². The Hall–Kier alpha value is -2.82. The molecule has 0 aromatic heterocycles. The molecule has 0 saturated carbocycles. The molecule has 0 fully saturated rings. The molecule has 0 radical (unpaired) electrons. The number of rotatable bonds is 5. The number of halogens is 7. The number of carboxylic acids is 1. The molecule has 160 valence electrons. The molecule has 30 heavy (non-hydrogen) atoms. The predicted octanol–water partition coefficient (Wildman–Crippen LogP) is 5.60. The molecule has 0 saturated heterocycles. The summed E-state index contributed by atoms with van der Waals surface area (Å²) >= 11 is 3.02. The monoisotopic (exact) mass is 495 g/mol. The van der Waals surface area contributed by atoms with Gasteiger partial charge in [-0.3, -0.25) is 4.79 Å². The fraction of sp³-hybridized carbons (Fsp3) is 0.158. The van der Waals surface area contributed by atoms with E-state index in [2.05, 4.69) is 15.9 Å². The van der Waals surface area contributed by atoms with Crippen molar-refractivity contribution in [3.8, 4) is 0 Å². The number of hydrogen-bond donors (Lipinski definition) is 2. The summed E-state index contributed by atoms with van der Waals surface area (Å²) in [4.78, 5) is 22.9. The van der Waals surface area contributed by atoms with Crippen LogP contribution >= 0.6 is 15.9 Å². The molecule has 11 heteroatoms. The van der Waals surface area contributed by atoms with Gasteiger partial charge in [-0.1, -0.05) is 18.2 Å². The zero-order valence-electron chi connectivity index (χ0n) is 14.7. The Morgan fingerprint density at radius 1 is 1.03 bits per heavy atom. The third-order valence-electron chi connectivity index (χ3n) is 3.81. The van der Waals surface area contributed by atoms with Gasteiger partial charge >= 0.3 is 18.3 Å². The summed E-state index contributed by atoms with van der Waals surface area (Å²) in [6.45, 7) is 0. The number of aromatic carboxylic acids is 1. The average molecular weight is 496 g/mol. The SMILES string of the molecule is O=C(/C=C/c1ccc(C(=O)O)c(Br)c1)NC(c1cccc(C(F)(F)F)c1)C(F)(F)F. The summed E-state index contributed by atoms with van der Waals surface area (Å²) in [7, 11) is 0. The van der Waals surface area contributed by atoms with Crippen LogP contribution in [-0.4, -0.2) is 23.2 Å². The summed E-state index contributed by atoms with van der Waals surface area (Å²) in [5, 5.41) is 10.6. The van der Waals surface area contributed by atoms with E-state index in [4.69, 9.17) is 5.11 Å². The summed E-state index contributed by atoms with van der Waals surface area (Å²) in [5.74, 6) is -2.41. The van der Waals surface area contributed by atoms with Gasteiger partial charge in [-0.25, -0.2) is 4.79 Å². The largest absolute Gasteiger partial charge is 0.478 e. The first kappa shape index (κ1) is 23.5. The molecular formula is C19H12BrF6NO3. The standard InChI is InChI=1S/C19H12BrF6NO3/c20-14-8-10(4-6-13(14)17(29)30)5-7-15(28)27-16(19(24,25)26)11-2-1-3-12(9-11)18(21,22)23/h1-9,16H,(H,27,28)(H,29,30)/b7-5+. The van der Waals surface area contributed by atoms with E-state index in [1.807, 2.05) is 0 Å². The number of benzene rings is 2. The van der Waals surface area contributed by atoms with Gasteiger partial charge in [-0.2, -0.15) is 26.3 Å². The topological polar surface area (TPSA) is 66.4 Å². The molecule has 2 N–H and O–H groups in total. The lowest BCUT2D eigenvalue weighted by Crippen LogP contribution is -2.37. The first-order chi connectivity index (χ1) is 13.8. The highest BCUT2D eigenvalue weighted by atomic mass is 79.9. The Balaban J connectivity index is 2.24. The van der Waals surface area contributed by atoms with Crippen LogP contribution in [0.2, 0.25) is 0 Å². The van der Waals surface area contributed by atoms with E-state index in [-0.39, 0.29) is 10.0 Å². The van der Waals surface area contributed by atoms with Crippen LogP contribution in [0.3, 0.4) is 0 Å². The van der Waals surface area contributed by atoms with Crippen molar-refractivity contribution in [3.63, 3.8) is 0 Å². The molecule has 1 atom stereocenters. The van der Waals surface area contributed by atoms with E-state index >= 15 is 0 Å². The Morgan fingerprint density at radius 3 is 2.23 bits per heavy atom. The molecule has 0 aliphatic heterocycles. The van der Waals surface area contributed by atoms with Gasteiger partial charge in [-0.05, 0) is 57.4 Å². The van der Waals surface area contributed by atoms with Crippen LogP contribution in [0.5, 0.6) is 0 Å². The number of carbonyl (C=O) groups is 2. The van der Waals surface area contributed by atoms with Gasteiger partial charge in [0.05, 0.1) is 11.1 Å². The summed E-state index contributed by atoms with van der Waals surface area (Å²) in [6.07, 6.45) is -7.99. The van der Waals surface area contributed by atoms with Crippen molar-refractivity contribution < 1.29 is 41.0 Å². The number of hydrogen-bond acceptors (Lipinski definition) is 2. The lowest BCUT2D eigenvalue weighted by Gasteiger charge is -2.22. The maximum absolute atomic E-state index is 13.3. The highest BCUT2D eigenvalue weighted by molar-refractivity contribution is 9.10. The van der Waals surface area contributed by atoms with Gasteiger partial charge in [0.2, 0.25) is 5.91 Å². The molecule has 0 heterocycles. The third kappa shape index (κ3) is 6.09. The lowest BCUT2D eigenvalue weighted by atomic mass is 10.0. The predicted molar refractivity (Wildman–Crippen MR) is 98.5 cm³/mol. The second-order valence-corrected chi connectivity index (χ2v) is 6.84. The first-order valence-electron chi connectivity index (χ1n) is 8.04. The minimum Gasteiger partial charge on any atom is -0.478 e. The van der Waals surface area contributed by atoms with Crippen LogP contribution in [0.25, 0.3) is 6.08 Å². The molecule has 0 aliphatic carbocycles. The molecule has 2 rings (SSSR count). The molecule has 0 bridgehead atoms. The molecule has 2 aromatic carbocycles. The number of alkyl halides is 6. The highest BCUT2D eigenvalue weighted by Crippen LogP contribution is 2.36. The van der Waals surface area contributed by atoms with Crippen LogP contribution in [0.1, 0.15) is 33.1 Å². The van der Waals surface area contributed by atoms with Crippen molar-refractivity contribution in [2.24, 2.45) is 0 Å².